The van der Waals surface area contributed by atoms with E-state index in [0.717, 1.165) is 57.5 Å². The molecule has 3 aliphatic rings. The summed E-state index contributed by atoms with van der Waals surface area (Å²) in [4.78, 5) is 16.4. The van der Waals surface area contributed by atoms with Crippen molar-refractivity contribution >= 4 is 5.97 Å². The zero-order chi connectivity index (χ0) is 28.3. The lowest BCUT2D eigenvalue weighted by molar-refractivity contribution is -0.138. The van der Waals surface area contributed by atoms with E-state index in [1.54, 1.807) is 25.1 Å². The first-order chi connectivity index (χ1) is 19.2. The molecule has 3 atom stereocenters. The van der Waals surface area contributed by atoms with E-state index >= 15 is 0 Å². The molecule has 2 aromatic rings. The van der Waals surface area contributed by atoms with Crippen molar-refractivity contribution in [1.82, 2.24) is 20.0 Å². The maximum Gasteiger partial charge on any atom is 0.304 e. The van der Waals surface area contributed by atoms with Gasteiger partial charge in [-0.25, -0.2) is 4.39 Å². The molecule has 6 nitrogen and oxygen atoms in total. The van der Waals surface area contributed by atoms with Crippen LogP contribution in [0.1, 0.15) is 74.2 Å². The van der Waals surface area contributed by atoms with Crippen LogP contribution in [0.15, 0.2) is 36.4 Å². The summed E-state index contributed by atoms with van der Waals surface area (Å²) < 4.78 is 43.6. The Kier molecular flexibility index (Phi) is 9.10. The highest BCUT2D eigenvalue weighted by Crippen LogP contribution is 2.41. The van der Waals surface area contributed by atoms with Gasteiger partial charge in [0.1, 0.15) is 11.5 Å². The number of hydrogen-bond acceptors (Lipinski definition) is 5. The van der Waals surface area contributed by atoms with E-state index in [9.17, 15) is 23.1 Å². The fourth-order valence-electron chi connectivity index (χ4n) is 6.70. The molecule has 0 amide bonds. The third-order valence-electron chi connectivity index (χ3n) is 9.21. The lowest BCUT2D eigenvalue weighted by Gasteiger charge is -2.35. The van der Waals surface area contributed by atoms with E-state index in [2.05, 4.69) is 20.0 Å². The Bertz CT molecular complexity index is 1140. The summed E-state index contributed by atoms with van der Waals surface area (Å²) in [6.45, 7) is 5.83. The number of aromatic nitrogens is 2. The Morgan fingerprint density at radius 2 is 1.85 bits per heavy atom. The number of carboxylic acid groups (broad SMARTS) is 1. The second-order valence-electron chi connectivity index (χ2n) is 12.4. The molecule has 1 aromatic carbocycles. The number of aliphatic carboxylic acids is 1. The molecular weight excluding hydrogens is 517 g/mol. The first-order valence-electron chi connectivity index (χ1n) is 14.8. The number of nitrogens with zero attached hydrogens (tertiary/aromatic N) is 4. The molecular formula is C31H41F3N4O2. The van der Waals surface area contributed by atoms with Crippen LogP contribution in [0.25, 0.3) is 0 Å². The zero-order valence-electron chi connectivity index (χ0n) is 23.3. The second-order valence-corrected chi connectivity index (χ2v) is 12.4. The van der Waals surface area contributed by atoms with Crippen molar-refractivity contribution in [3.63, 3.8) is 0 Å². The predicted octanol–water partition coefficient (Wildman–Crippen LogP) is 5.87. The minimum atomic E-state index is -2.98. The van der Waals surface area contributed by atoms with Crippen molar-refractivity contribution in [1.29, 1.82) is 0 Å². The summed E-state index contributed by atoms with van der Waals surface area (Å²) in [7, 11) is 0. The van der Waals surface area contributed by atoms with Crippen LogP contribution < -0.4 is 0 Å². The monoisotopic (exact) mass is 558 g/mol. The maximum absolute atomic E-state index is 14.7. The average Bonchev–Trinajstić information content (AvgIpc) is 3.64. The third-order valence-corrected chi connectivity index (χ3v) is 9.21. The van der Waals surface area contributed by atoms with Crippen molar-refractivity contribution < 1.29 is 23.1 Å². The van der Waals surface area contributed by atoms with Crippen LogP contribution in [0.3, 0.4) is 0 Å². The fourth-order valence-corrected chi connectivity index (χ4v) is 6.70. The molecule has 2 aliphatic heterocycles. The van der Waals surface area contributed by atoms with E-state index in [-0.39, 0.29) is 48.1 Å². The van der Waals surface area contributed by atoms with E-state index in [4.69, 9.17) is 0 Å². The van der Waals surface area contributed by atoms with Gasteiger partial charge in [-0.05, 0) is 93.3 Å². The highest BCUT2D eigenvalue weighted by molar-refractivity contribution is 5.67. The lowest BCUT2D eigenvalue weighted by atomic mass is 9.86. The summed E-state index contributed by atoms with van der Waals surface area (Å²) in [5.41, 5.74) is 1.34. The molecule has 218 valence electrons. The van der Waals surface area contributed by atoms with E-state index in [1.807, 2.05) is 6.07 Å². The van der Waals surface area contributed by atoms with Gasteiger partial charge < -0.3 is 10.0 Å². The first kappa shape index (κ1) is 29.0. The molecule has 1 saturated carbocycles. The molecule has 0 spiro atoms. The smallest absolute Gasteiger partial charge is 0.304 e. The summed E-state index contributed by atoms with van der Waals surface area (Å²) >= 11 is 0. The van der Waals surface area contributed by atoms with Gasteiger partial charge in [0.05, 0.1) is 12.1 Å². The van der Waals surface area contributed by atoms with Crippen LogP contribution in [0, 0.1) is 30.5 Å². The van der Waals surface area contributed by atoms with Crippen LogP contribution in [-0.4, -0.2) is 69.8 Å². The molecule has 0 bridgehead atoms. The first-order valence-corrected chi connectivity index (χ1v) is 14.8. The summed E-state index contributed by atoms with van der Waals surface area (Å²) in [5, 5.41) is 17.1. The summed E-state index contributed by atoms with van der Waals surface area (Å²) in [5.74, 6) is -2.71. The van der Waals surface area contributed by atoms with Gasteiger partial charge in [0.2, 0.25) is 0 Å². The predicted molar refractivity (Wildman–Crippen MR) is 147 cm³/mol. The summed E-state index contributed by atoms with van der Waals surface area (Å²) in [6, 6.07) is 9.79. The molecule has 1 aromatic heterocycles. The maximum atomic E-state index is 14.7. The molecule has 2 saturated heterocycles. The number of carbonyl (C=O) groups is 1. The molecule has 9 heteroatoms. The Morgan fingerprint density at radius 1 is 1.07 bits per heavy atom. The fraction of sp³-hybridized carbons (Fsp3) is 0.645. The number of benzene rings is 1. The SMILES string of the molecule is Cc1ccc(C(F)(F)CCC2CCN(C[C@H]3CN([C@@H](CC(=O)O)CC4CC4)C[C@@H]3c3cccc(F)c3)CC2)nn1. The number of hydrogen-bond donors (Lipinski definition) is 1. The van der Waals surface area contributed by atoms with Gasteiger partial charge in [0.25, 0.3) is 5.92 Å². The molecule has 3 heterocycles. The standard InChI is InChI=1S/C31H41F3N4O2/c1-21-5-8-29(36-35-21)31(33,34)12-9-22-10-13-37(14-11-22)18-25-19-38(27(17-30(39)40)15-23-6-7-23)20-28(25)24-3-2-4-26(32)16-24/h2-5,8,16,22-23,25,27-28H,6-7,9-15,17-20H2,1H3,(H,39,40)/t25-,27+,28+/m0/s1. The summed E-state index contributed by atoms with van der Waals surface area (Å²) in [6.07, 6.45) is 5.40. The highest BCUT2D eigenvalue weighted by atomic mass is 19.3. The van der Waals surface area contributed by atoms with E-state index in [0.29, 0.717) is 18.0 Å². The number of carboxylic acids is 1. The number of alkyl halides is 2. The Morgan fingerprint density at radius 3 is 2.50 bits per heavy atom. The zero-order valence-corrected chi connectivity index (χ0v) is 23.3. The van der Waals surface area contributed by atoms with Crippen molar-refractivity contribution in [2.24, 2.45) is 17.8 Å². The Balaban J connectivity index is 1.18. The molecule has 5 rings (SSSR count). The van der Waals surface area contributed by atoms with Crippen molar-refractivity contribution in [3.8, 4) is 0 Å². The number of likely N-dealkylation sites (tertiary alicyclic amines) is 2. The topological polar surface area (TPSA) is 69.6 Å². The van der Waals surface area contributed by atoms with Gasteiger partial charge in [-0.1, -0.05) is 25.0 Å². The largest absolute Gasteiger partial charge is 0.481 e. The third kappa shape index (κ3) is 7.60. The van der Waals surface area contributed by atoms with Crippen LogP contribution in [0.2, 0.25) is 0 Å². The normalized spacial score (nSPS) is 23.9. The Hall–Kier alpha value is -2.52. The van der Waals surface area contributed by atoms with Crippen molar-refractivity contribution in [2.75, 3.05) is 32.7 Å². The van der Waals surface area contributed by atoms with Gasteiger partial charge in [0.15, 0.2) is 0 Å². The van der Waals surface area contributed by atoms with E-state index < -0.39 is 11.9 Å². The van der Waals surface area contributed by atoms with Gasteiger partial charge >= 0.3 is 5.97 Å². The van der Waals surface area contributed by atoms with Gasteiger partial charge in [0, 0.05) is 38.0 Å². The minimum Gasteiger partial charge on any atom is -0.481 e. The van der Waals surface area contributed by atoms with E-state index in [1.165, 1.54) is 25.0 Å². The van der Waals surface area contributed by atoms with Gasteiger partial charge in [-0.15, -0.1) is 5.10 Å². The second kappa shape index (κ2) is 12.6. The van der Waals surface area contributed by atoms with Crippen LogP contribution in [-0.2, 0) is 10.7 Å². The number of aryl methyl sites for hydroxylation is 1. The molecule has 0 unspecified atom stereocenters. The average molecular weight is 559 g/mol. The number of piperidine rings is 1. The molecule has 40 heavy (non-hydrogen) atoms. The number of halogens is 3. The number of rotatable bonds is 12. The highest BCUT2D eigenvalue weighted by Gasteiger charge is 2.41. The van der Waals surface area contributed by atoms with Crippen molar-refractivity contribution in [3.05, 3.63) is 59.2 Å². The molecule has 0 radical (unpaired) electrons. The molecule has 1 N–H and O–H groups in total. The van der Waals surface area contributed by atoms with Crippen LogP contribution >= 0.6 is 0 Å². The Labute approximate surface area is 235 Å². The minimum absolute atomic E-state index is 0.0108. The van der Waals surface area contributed by atoms with Gasteiger partial charge in [-0.3, -0.25) is 9.69 Å². The lowest BCUT2D eigenvalue weighted by Crippen LogP contribution is -2.40. The molecule has 1 aliphatic carbocycles. The molecule has 3 fully saturated rings. The van der Waals surface area contributed by atoms with Gasteiger partial charge in [-0.2, -0.15) is 13.9 Å². The quantitative estimate of drug-likeness (QED) is 0.352. The van der Waals surface area contributed by atoms with Crippen LogP contribution in [0.5, 0.6) is 0 Å². The van der Waals surface area contributed by atoms with Crippen molar-refractivity contribution in [2.45, 2.75) is 76.2 Å². The van der Waals surface area contributed by atoms with Crippen LogP contribution in [0.4, 0.5) is 13.2 Å².